The van der Waals surface area contributed by atoms with Crippen LogP contribution >= 0.6 is 0 Å². The van der Waals surface area contributed by atoms with Crippen LogP contribution in [-0.2, 0) is 0 Å². The molecule has 1 aromatic heterocycles. The third-order valence-electron chi connectivity index (χ3n) is 4.09. The maximum Gasteiger partial charge on any atom is 0.254 e. The molecule has 0 bridgehead atoms. The standard InChI is InChI=1S/C20H21N3O2/c1-3-11-22(12-13-24)20(25)16-9-10-19-18(14-16)21-15(2)23(19)17-7-5-4-6-8-17/h3-10,14,24H,1,11-13H2,2H3. The van der Waals surface area contributed by atoms with Crippen molar-refractivity contribution in [3.63, 3.8) is 0 Å². The number of carbonyl (C=O) groups is 1. The van der Waals surface area contributed by atoms with Crippen LogP contribution in [0.15, 0.2) is 61.2 Å². The molecule has 25 heavy (non-hydrogen) atoms. The van der Waals surface area contributed by atoms with E-state index in [4.69, 9.17) is 5.11 Å². The first-order valence-corrected chi connectivity index (χ1v) is 8.21. The van der Waals surface area contributed by atoms with E-state index < -0.39 is 0 Å². The molecule has 1 amide bonds. The van der Waals surface area contributed by atoms with Crippen LogP contribution in [0.3, 0.4) is 0 Å². The van der Waals surface area contributed by atoms with E-state index in [1.165, 1.54) is 0 Å². The van der Waals surface area contributed by atoms with Crippen LogP contribution in [0, 0.1) is 6.92 Å². The van der Waals surface area contributed by atoms with Gasteiger partial charge in [-0.25, -0.2) is 4.98 Å². The fourth-order valence-electron chi connectivity index (χ4n) is 2.97. The number of carbonyl (C=O) groups excluding carboxylic acids is 1. The van der Waals surface area contributed by atoms with E-state index >= 15 is 0 Å². The number of hydrogen-bond acceptors (Lipinski definition) is 3. The van der Waals surface area contributed by atoms with E-state index in [-0.39, 0.29) is 19.1 Å². The smallest absolute Gasteiger partial charge is 0.254 e. The second-order valence-corrected chi connectivity index (χ2v) is 5.80. The molecule has 0 saturated carbocycles. The Morgan fingerprint density at radius 2 is 2.04 bits per heavy atom. The molecule has 0 radical (unpaired) electrons. The van der Waals surface area contributed by atoms with Crippen LogP contribution in [-0.4, -0.2) is 45.2 Å². The number of benzene rings is 2. The largest absolute Gasteiger partial charge is 0.395 e. The summed E-state index contributed by atoms with van der Waals surface area (Å²) < 4.78 is 2.07. The van der Waals surface area contributed by atoms with Crippen LogP contribution in [0.2, 0.25) is 0 Å². The SMILES string of the molecule is C=CCN(CCO)C(=O)c1ccc2c(c1)nc(C)n2-c1ccccc1. The number of aliphatic hydroxyl groups is 1. The van der Waals surface area contributed by atoms with Gasteiger partial charge in [-0.05, 0) is 37.3 Å². The lowest BCUT2D eigenvalue weighted by Gasteiger charge is -2.20. The zero-order valence-corrected chi connectivity index (χ0v) is 14.2. The van der Waals surface area contributed by atoms with Gasteiger partial charge in [0.05, 0.1) is 17.6 Å². The number of hydrogen-bond donors (Lipinski definition) is 1. The van der Waals surface area contributed by atoms with Gasteiger partial charge in [0.15, 0.2) is 0 Å². The monoisotopic (exact) mass is 335 g/mol. The molecular formula is C20H21N3O2. The number of nitrogens with zero attached hydrogens (tertiary/aromatic N) is 3. The van der Waals surface area contributed by atoms with Crippen molar-refractivity contribution in [2.75, 3.05) is 19.7 Å². The molecule has 3 rings (SSSR count). The van der Waals surface area contributed by atoms with Gasteiger partial charge >= 0.3 is 0 Å². The van der Waals surface area contributed by atoms with Crippen molar-refractivity contribution in [1.82, 2.24) is 14.5 Å². The molecule has 5 heteroatoms. The number of imidazole rings is 1. The van der Waals surface area contributed by atoms with E-state index in [9.17, 15) is 4.79 Å². The predicted octanol–water partition coefficient (Wildman–Crippen LogP) is 2.95. The number of rotatable bonds is 6. The Bertz CT molecular complexity index is 900. The maximum absolute atomic E-state index is 12.7. The van der Waals surface area contributed by atoms with E-state index in [2.05, 4.69) is 16.1 Å². The number of fused-ring (bicyclic) bond motifs is 1. The fraction of sp³-hybridized carbons (Fsp3) is 0.200. The first kappa shape index (κ1) is 16.9. The van der Waals surface area contributed by atoms with Crippen molar-refractivity contribution in [2.45, 2.75) is 6.92 Å². The maximum atomic E-state index is 12.7. The quantitative estimate of drug-likeness (QED) is 0.705. The Morgan fingerprint density at radius 3 is 2.72 bits per heavy atom. The second kappa shape index (κ2) is 7.32. The van der Waals surface area contributed by atoms with Crippen LogP contribution in [0.4, 0.5) is 0 Å². The van der Waals surface area contributed by atoms with Crippen molar-refractivity contribution < 1.29 is 9.90 Å². The molecule has 1 heterocycles. The lowest BCUT2D eigenvalue weighted by atomic mass is 10.1. The van der Waals surface area contributed by atoms with Crippen molar-refractivity contribution in [1.29, 1.82) is 0 Å². The zero-order valence-electron chi connectivity index (χ0n) is 14.2. The van der Waals surface area contributed by atoms with E-state index in [0.717, 1.165) is 22.5 Å². The topological polar surface area (TPSA) is 58.4 Å². The minimum atomic E-state index is -0.136. The van der Waals surface area contributed by atoms with Crippen LogP contribution in [0.25, 0.3) is 16.7 Å². The molecule has 0 unspecified atom stereocenters. The third-order valence-corrected chi connectivity index (χ3v) is 4.09. The van der Waals surface area contributed by atoms with Crippen molar-refractivity contribution in [2.24, 2.45) is 0 Å². The van der Waals surface area contributed by atoms with Gasteiger partial charge in [-0.15, -0.1) is 6.58 Å². The molecule has 2 aromatic carbocycles. The van der Waals surface area contributed by atoms with Crippen molar-refractivity contribution in [3.05, 3.63) is 72.6 Å². The number of para-hydroxylation sites is 1. The summed E-state index contributed by atoms with van der Waals surface area (Å²) >= 11 is 0. The summed E-state index contributed by atoms with van der Waals surface area (Å²) in [6.07, 6.45) is 1.65. The van der Waals surface area contributed by atoms with Gasteiger partial charge in [-0.2, -0.15) is 0 Å². The van der Waals surface area contributed by atoms with Gasteiger partial charge in [0, 0.05) is 24.3 Å². The molecule has 0 fully saturated rings. The van der Waals surface area contributed by atoms with Crippen LogP contribution in [0.1, 0.15) is 16.2 Å². The highest BCUT2D eigenvalue weighted by molar-refractivity contribution is 5.97. The molecular weight excluding hydrogens is 314 g/mol. The Balaban J connectivity index is 2.02. The molecule has 0 spiro atoms. The summed E-state index contributed by atoms with van der Waals surface area (Å²) in [7, 11) is 0. The highest BCUT2D eigenvalue weighted by Crippen LogP contribution is 2.22. The molecule has 0 aliphatic carbocycles. The Hall–Kier alpha value is -2.92. The normalized spacial score (nSPS) is 10.8. The summed E-state index contributed by atoms with van der Waals surface area (Å²) in [4.78, 5) is 18.8. The number of aromatic nitrogens is 2. The molecule has 3 aromatic rings. The fourth-order valence-corrected chi connectivity index (χ4v) is 2.97. The Morgan fingerprint density at radius 1 is 1.28 bits per heavy atom. The van der Waals surface area contributed by atoms with E-state index in [1.807, 2.05) is 43.3 Å². The first-order chi connectivity index (χ1) is 12.2. The molecule has 0 atom stereocenters. The lowest BCUT2D eigenvalue weighted by molar-refractivity contribution is 0.0743. The van der Waals surface area contributed by atoms with Gasteiger partial charge in [0.2, 0.25) is 0 Å². The minimum Gasteiger partial charge on any atom is -0.395 e. The minimum absolute atomic E-state index is 0.0798. The highest BCUT2D eigenvalue weighted by atomic mass is 16.3. The molecule has 0 aliphatic heterocycles. The Kier molecular flexibility index (Phi) is 4.95. The molecule has 128 valence electrons. The van der Waals surface area contributed by atoms with Crippen molar-refractivity contribution >= 4 is 16.9 Å². The molecule has 5 nitrogen and oxygen atoms in total. The number of aryl methyl sites for hydroxylation is 1. The average Bonchev–Trinajstić information content (AvgIpc) is 2.96. The highest BCUT2D eigenvalue weighted by Gasteiger charge is 2.16. The lowest BCUT2D eigenvalue weighted by Crippen LogP contribution is -2.33. The predicted molar refractivity (Wildman–Crippen MR) is 99.0 cm³/mol. The summed E-state index contributed by atoms with van der Waals surface area (Å²) in [5.74, 6) is 0.729. The summed E-state index contributed by atoms with van der Waals surface area (Å²) in [6, 6.07) is 15.5. The van der Waals surface area contributed by atoms with E-state index in [0.29, 0.717) is 12.1 Å². The van der Waals surface area contributed by atoms with Gasteiger partial charge in [0.1, 0.15) is 5.82 Å². The van der Waals surface area contributed by atoms with E-state index in [1.54, 1.807) is 23.1 Å². The van der Waals surface area contributed by atoms with Gasteiger partial charge < -0.3 is 10.0 Å². The zero-order chi connectivity index (χ0) is 17.8. The van der Waals surface area contributed by atoms with Gasteiger partial charge in [-0.3, -0.25) is 9.36 Å². The number of aliphatic hydroxyl groups excluding tert-OH is 1. The number of amides is 1. The van der Waals surface area contributed by atoms with Gasteiger partial charge in [0.25, 0.3) is 5.91 Å². The van der Waals surface area contributed by atoms with Crippen molar-refractivity contribution in [3.8, 4) is 5.69 Å². The summed E-state index contributed by atoms with van der Waals surface area (Å²) in [6.45, 7) is 6.21. The molecule has 0 aliphatic rings. The van der Waals surface area contributed by atoms with Crippen LogP contribution < -0.4 is 0 Å². The Labute approximate surface area is 146 Å². The average molecular weight is 335 g/mol. The third kappa shape index (κ3) is 3.32. The van der Waals surface area contributed by atoms with Crippen LogP contribution in [0.5, 0.6) is 0 Å². The second-order valence-electron chi connectivity index (χ2n) is 5.80. The first-order valence-electron chi connectivity index (χ1n) is 8.21. The summed E-state index contributed by atoms with van der Waals surface area (Å²) in [5, 5.41) is 9.15. The van der Waals surface area contributed by atoms with Gasteiger partial charge in [-0.1, -0.05) is 24.3 Å². The summed E-state index contributed by atoms with van der Waals surface area (Å²) in [5.41, 5.74) is 3.32. The molecule has 0 saturated heterocycles. The molecule has 1 N–H and O–H groups in total.